The van der Waals surface area contributed by atoms with Gasteiger partial charge in [0.2, 0.25) is 0 Å². The average Bonchev–Trinajstić information content (AvgIpc) is 2.64. The van der Waals surface area contributed by atoms with E-state index in [1.807, 2.05) is 25.1 Å². The van der Waals surface area contributed by atoms with E-state index < -0.39 is 10.8 Å². The fraction of sp³-hybridized carbons (Fsp3) is 0.286. The van der Waals surface area contributed by atoms with Gasteiger partial charge in [-0.25, -0.2) is 4.39 Å². The molecule has 0 radical (unpaired) electrons. The first kappa shape index (κ1) is 18.1. The number of ether oxygens (including phenoxy) is 2. The lowest BCUT2D eigenvalue weighted by molar-refractivity contribution is 0.0435. The normalized spacial score (nSPS) is 15.5. The molecule has 1 atom stereocenters. The van der Waals surface area contributed by atoms with Crippen molar-refractivity contribution in [2.45, 2.75) is 30.4 Å². The highest BCUT2D eigenvalue weighted by molar-refractivity contribution is 7.85. The maximum Gasteiger partial charge on any atom is 0.138 e. The van der Waals surface area contributed by atoms with Crippen molar-refractivity contribution in [1.82, 2.24) is 4.98 Å². The second kappa shape index (κ2) is 7.37. The SMILES string of the molecule is CCc1ccc(Oc2ccnc3ccc(S(=O)C4COC4)cc23)c(C)c1F. The van der Waals surface area contributed by atoms with Crippen molar-refractivity contribution in [2.75, 3.05) is 13.2 Å². The molecule has 1 fully saturated rings. The number of aryl methyl sites for hydroxylation is 1. The lowest BCUT2D eigenvalue weighted by Crippen LogP contribution is -2.37. The number of fused-ring (bicyclic) bond motifs is 1. The van der Waals surface area contributed by atoms with Gasteiger partial charge in [-0.05, 0) is 49.2 Å². The van der Waals surface area contributed by atoms with E-state index in [0.29, 0.717) is 42.3 Å². The number of hydrogen-bond acceptors (Lipinski definition) is 4. The molecule has 140 valence electrons. The molecule has 2 heterocycles. The summed E-state index contributed by atoms with van der Waals surface area (Å²) in [5, 5.41) is 0.782. The number of pyridine rings is 1. The van der Waals surface area contributed by atoms with E-state index in [-0.39, 0.29) is 11.1 Å². The summed E-state index contributed by atoms with van der Waals surface area (Å²) < 4.78 is 38.2. The van der Waals surface area contributed by atoms with Gasteiger partial charge in [0.25, 0.3) is 0 Å². The van der Waals surface area contributed by atoms with E-state index in [1.165, 1.54) is 0 Å². The Hall–Kier alpha value is -2.31. The fourth-order valence-corrected chi connectivity index (χ4v) is 4.33. The van der Waals surface area contributed by atoms with E-state index >= 15 is 0 Å². The van der Waals surface area contributed by atoms with E-state index in [0.717, 1.165) is 15.8 Å². The minimum Gasteiger partial charge on any atom is -0.456 e. The molecule has 4 nitrogen and oxygen atoms in total. The van der Waals surface area contributed by atoms with Crippen molar-refractivity contribution < 1.29 is 18.1 Å². The summed E-state index contributed by atoms with van der Waals surface area (Å²) in [4.78, 5) is 5.07. The Balaban J connectivity index is 1.73. The molecule has 0 saturated carbocycles. The largest absolute Gasteiger partial charge is 0.456 e. The first-order valence-electron chi connectivity index (χ1n) is 8.91. The van der Waals surface area contributed by atoms with Crippen LogP contribution >= 0.6 is 0 Å². The van der Waals surface area contributed by atoms with E-state index in [4.69, 9.17) is 9.47 Å². The zero-order chi connectivity index (χ0) is 19.0. The van der Waals surface area contributed by atoms with Gasteiger partial charge < -0.3 is 9.47 Å². The Morgan fingerprint density at radius 1 is 1.22 bits per heavy atom. The van der Waals surface area contributed by atoms with Gasteiger partial charge in [-0.1, -0.05) is 13.0 Å². The van der Waals surface area contributed by atoms with E-state index in [9.17, 15) is 8.60 Å². The van der Waals surface area contributed by atoms with Crippen LogP contribution in [0.15, 0.2) is 47.5 Å². The summed E-state index contributed by atoms with van der Waals surface area (Å²) in [7, 11) is -1.13. The fourth-order valence-electron chi connectivity index (χ4n) is 3.07. The molecule has 0 bridgehead atoms. The van der Waals surface area contributed by atoms with Gasteiger partial charge in [0.15, 0.2) is 0 Å². The second-order valence-electron chi connectivity index (χ2n) is 6.56. The standard InChI is InChI=1S/C21H20FNO3S/c1-3-14-4-7-19(13(2)21(14)22)26-20-8-9-23-18-6-5-15(10-17(18)20)27(24)16-11-25-12-16/h4-10,16H,3,11-12H2,1-2H3. The molecule has 27 heavy (non-hydrogen) atoms. The summed E-state index contributed by atoms with van der Waals surface area (Å²) in [5.41, 5.74) is 1.88. The van der Waals surface area contributed by atoms with Gasteiger partial charge >= 0.3 is 0 Å². The van der Waals surface area contributed by atoms with Crippen LogP contribution in [0.5, 0.6) is 11.5 Å². The van der Waals surface area contributed by atoms with E-state index in [2.05, 4.69) is 4.98 Å². The molecule has 2 aromatic carbocycles. The lowest BCUT2D eigenvalue weighted by Gasteiger charge is -2.25. The Morgan fingerprint density at radius 2 is 2.04 bits per heavy atom. The minimum absolute atomic E-state index is 0.0291. The van der Waals surface area contributed by atoms with Crippen molar-refractivity contribution in [3.63, 3.8) is 0 Å². The smallest absolute Gasteiger partial charge is 0.138 e. The first-order chi connectivity index (χ1) is 13.1. The minimum atomic E-state index is -1.13. The number of aromatic nitrogens is 1. The van der Waals surface area contributed by atoms with Crippen LogP contribution in [0, 0.1) is 12.7 Å². The molecule has 4 rings (SSSR count). The Kier molecular flexibility index (Phi) is 4.93. The van der Waals surface area contributed by atoms with Crippen molar-refractivity contribution in [3.8, 4) is 11.5 Å². The lowest BCUT2D eigenvalue weighted by atomic mass is 10.1. The molecule has 1 saturated heterocycles. The summed E-state index contributed by atoms with van der Waals surface area (Å²) in [5.74, 6) is 0.798. The predicted octanol–water partition coefficient (Wildman–Crippen LogP) is 4.54. The molecule has 0 amide bonds. The first-order valence-corrected chi connectivity index (χ1v) is 10.1. The third kappa shape index (κ3) is 3.35. The highest BCUT2D eigenvalue weighted by Crippen LogP contribution is 2.33. The van der Waals surface area contributed by atoms with Crippen molar-refractivity contribution in [3.05, 3.63) is 59.5 Å². The molecule has 1 unspecified atom stereocenters. The van der Waals surface area contributed by atoms with Gasteiger partial charge in [-0.15, -0.1) is 0 Å². The van der Waals surface area contributed by atoms with E-state index in [1.54, 1.807) is 31.3 Å². The molecule has 6 heteroatoms. The quantitative estimate of drug-likeness (QED) is 0.647. The second-order valence-corrected chi connectivity index (χ2v) is 8.30. The van der Waals surface area contributed by atoms with Gasteiger partial charge in [-0.3, -0.25) is 9.19 Å². The van der Waals surface area contributed by atoms with Gasteiger partial charge in [0.05, 0.1) is 34.8 Å². The molecule has 0 N–H and O–H groups in total. The number of rotatable bonds is 5. The summed E-state index contributed by atoms with van der Waals surface area (Å²) in [6.45, 7) is 4.67. The molecular weight excluding hydrogens is 365 g/mol. The maximum absolute atomic E-state index is 14.4. The van der Waals surface area contributed by atoms with Crippen LogP contribution in [0.2, 0.25) is 0 Å². The summed E-state index contributed by atoms with van der Waals surface area (Å²) in [6, 6.07) is 10.8. The van der Waals surface area contributed by atoms with Gasteiger partial charge in [0, 0.05) is 22.0 Å². The molecule has 1 aliphatic rings. The van der Waals surface area contributed by atoms with Crippen LogP contribution < -0.4 is 4.74 Å². The number of benzene rings is 2. The molecule has 1 aliphatic heterocycles. The molecular formula is C21H20FNO3S. The predicted molar refractivity (Wildman–Crippen MR) is 103 cm³/mol. The Labute approximate surface area is 159 Å². The van der Waals surface area contributed by atoms with Gasteiger partial charge in [-0.2, -0.15) is 0 Å². The third-order valence-electron chi connectivity index (χ3n) is 4.83. The Bertz CT molecular complexity index is 1030. The van der Waals surface area contributed by atoms with Crippen LogP contribution in [0.3, 0.4) is 0 Å². The third-order valence-corrected chi connectivity index (χ3v) is 6.43. The van der Waals surface area contributed by atoms with Crippen molar-refractivity contribution in [1.29, 1.82) is 0 Å². The molecule has 1 aromatic heterocycles. The molecule has 0 spiro atoms. The Morgan fingerprint density at radius 3 is 2.74 bits per heavy atom. The number of hydrogen-bond donors (Lipinski definition) is 0. The topological polar surface area (TPSA) is 48.4 Å². The highest BCUT2D eigenvalue weighted by atomic mass is 32.2. The summed E-state index contributed by atoms with van der Waals surface area (Å²) in [6.07, 6.45) is 2.28. The monoisotopic (exact) mass is 385 g/mol. The highest BCUT2D eigenvalue weighted by Gasteiger charge is 2.26. The van der Waals surface area contributed by atoms with Crippen molar-refractivity contribution >= 4 is 21.7 Å². The van der Waals surface area contributed by atoms with Gasteiger partial charge in [0.1, 0.15) is 17.3 Å². The molecule has 3 aromatic rings. The van der Waals surface area contributed by atoms with Crippen LogP contribution in [0.25, 0.3) is 10.9 Å². The maximum atomic E-state index is 14.4. The summed E-state index contributed by atoms with van der Waals surface area (Å²) >= 11 is 0. The van der Waals surface area contributed by atoms with Crippen LogP contribution in [0.1, 0.15) is 18.1 Å². The van der Waals surface area contributed by atoms with Crippen LogP contribution in [-0.2, 0) is 22.0 Å². The number of halogens is 1. The molecule has 0 aliphatic carbocycles. The van der Waals surface area contributed by atoms with Crippen molar-refractivity contribution in [2.24, 2.45) is 0 Å². The average molecular weight is 385 g/mol. The van der Waals surface area contributed by atoms with Crippen LogP contribution in [0.4, 0.5) is 4.39 Å². The zero-order valence-corrected chi connectivity index (χ0v) is 16.0. The zero-order valence-electron chi connectivity index (χ0n) is 15.2. The van der Waals surface area contributed by atoms with Crippen LogP contribution in [-0.4, -0.2) is 27.7 Å². The number of nitrogens with zero attached hydrogens (tertiary/aromatic N) is 1.